The molecule has 0 saturated heterocycles. The van der Waals surface area contributed by atoms with Crippen LogP contribution < -0.4 is 0 Å². The second-order valence-corrected chi connectivity index (χ2v) is 4.85. The minimum Gasteiger partial charge on any atom is -0.468 e. The van der Waals surface area contributed by atoms with Gasteiger partial charge < -0.3 is 14.6 Å². The van der Waals surface area contributed by atoms with Crippen LogP contribution in [0.1, 0.15) is 20.3 Å². The van der Waals surface area contributed by atoms with Gasteiger partial charge in [-0.2, -0.15) is 0 Å². The van der Waals surface area contributed by atoms with E-state index >= 15 is 0 Å². The third-order valence-electron chi connectivity index (χ3n) is 3.02. The molecule has 0 heterocycles. The standard InChI is InChI=1S/C13H18O5/c1-8-6-13(10(14)17-4,11(15)18-5)7-9(8)12(2,3)16/h7,16H,1,6H2,2-5H3. The quantitative estimate of drug-likeness (QED) is 0.600. The highest BCUT2D eigenvalue weighted by Gasteiger charge is 2.52. The van der Waals surface area contributed by atoms with Gasteiger partial charge in [-0.25, -0.2) is 0 Å². The van der Waals surface area contributed by atoms with E-state index in [1.165, 1.54) is 20.3 Å². The molecule has 0 atom stereocenters. The van der Waals surface area contributed by atoms with Gasteiger partial charge in [0.25, 0.3) is 0 Å². The molecule has 0 fully saturated rings. The van der Waals surface area contributed by atoms with Crippen LogP contribution in [0.3, 0.4) is 0 Å². The second-order valence-electron chi connectivity index (χ2n) is 4.85. The molecule has 100 valence electrons. The van der Waals surface area contributed by atoms with Crippen molar-refractivity contribution in [2.75, 3.05) is 14.2 Å². The molecule has 0 aliphatic heterocycles. The van der Waals surface area contributed by atoms with E-state index in [9.17, 15) is 14.7 Å². The molecule has 0 aromatic rings. The number of hydrogen-bond acceptors (Lipinski definition) is 5. The molecule has 0 amide bonds. The summed E-state index contributed by atoms with van der Waals surface area (Å²) in [7, 11) is 2.40. The average molecular weight is 254 g/mol. The fraction of sp³-hybridized carbons (Fsp3) is 0.538. The van der Waals surface area contributed by atoms with Crippen molar-refractivity contribution in [1.82, 2.24) is 0 Å². The molecule has 0 aromatic heterocycles. The second kappa shape index (κ2) is 4.57. The highest BCUT2D eigenvalue weighted by molar-refractivity contribution is 6.04. The Morgan fingerprint density at radius 1 is 1.33 bits per heavy atom. The number of carbonyl (C=O) groups excluding carboxylic acids is 2. The smallest absolute Gasteiger partial charge is 0.327 e. The fourth-order valence-corrected chi connectivity index (χ4v) is 2.15. The van der Waals surface area contributed by atoms with E-state index in [0.29, 0.717) is 11.1 Å². The molecule has 1 aliphatic rings. The predicted octanol–water partition coefficient (Wildman–Crippen LogP) is 0.976. The lowest BCUT2D eigenvalue weighted by atomic mass is 9.87. The summed E-state index contributed by atoms with van der Waals surface area (Å²) in [5, 5.41) is 10.00. The van der Waals surface area contributed by atoms with E-state index in [4.69, 9.17) is 0 Å². The Kier molecular flexibility index (Phi) is 3.67. The molecule has 5 nitrogen and oxygen atoms in total. The van der Waals surface area contributed by atoms with Crippen molar-refractivity contribution in [3.8, 4) is 0 Å². The third kappa shape index (κ3) is 2.18. The maximum absolute atomic E-state index is 11.9. The molecule has 0 radical (unpaired) electrons. The topological polar surface area (TPSA) is 72.8 Å². The summed E-state index contributed by atoms with van der Waals surface area (Å²) in [5.41, 5.74) is -1.73. The van der Waals surface area contributed by atoms with Crippen molar-refractivity contribution >= 4 is 11.9 Å². The first-order valence-corrected chi connectivity index (χ1v) is 5.49. The number of esters is 2. The SMILES string of the molecule is C=C1CC(C(=O)OC)(C(=O)OC)C=C1C(C)(C)O. The van der Waals surface area contributed by atoms with E-state index in [0.717, 1.165) is 0 Å². The molecular formula is C13H18O5. The van der Waals surface area contributed by atoms with Gasteiger partial charge in [0.15, 0.2) is 5.41 Å². The van der Waals surface area contributed by atoms with Crippen molar-refractivity contribution in [2.45, 2.75) is 25.9 Å². The highest BCUT2D eigenvalue weighted by Crippen LogP contribution is 2.44. The fourth-order valence-electron chi connectivity index (χ4n) is 2.15. The van der Waals surface area contributed by atoms with Crippen LogP contribution in [-0.2, 0) is 19.1 Å². The Bertz CT molecular complexity index is 409. The van der Waals surface area contributed by atoms with Gasteiger partial charge in [0.05, 0.1) is 19.8 Å². The minimum absolute atomic E-state index is 0.0612. The van der Waals surface area contributed by atoms with Crippen LogP contribution in [0.15, 0.2) is 23.8 Å². The number of methoxy groups -OCH3 is 2. The van der Waals surface area contributed by atoms with Crippen LogP contribution in [0.5, 0.6) is 0 Å². The molecule has 0 saturated carbocycles. The number of ether oxygens (including phenoxy) is 2. The zero-order chi connectivity index (χ0) is 14.1. The van der Waals surface area contributed by atoms with Crippen molar-refractivity contribution in [1.29, 1.82) is 0 Å². The largest absolute Gasteiger partial charge is 0.468 e. The molecule has 5 heteroatoms. The zero-order valence-corrected chi connectivity index (χ0v) is 11.1. The van der Waals surface area contributed by atoms with Gasteiger partial charge in [-0.15, -0.1) is 0 Å². The first-order chi connectivity index (χ1) is 8.19. The maximum atomic E-state index is 11.9. The van der Waals surface area contributed by atoms with Crippen LogP contribution in [-0.4, -0.2) is 36.9 Å². The minimum atomic E-state index is -1.53. The van der Waals surface area contributed by atoms with Crippen LogP contribution in [0.25, 0.3) is 0 Å². The van der Waals surface area contributed by atoms with Crippen LogP contribution in [0.2, 0.25) is 0 Å². The van der Waals surface area contributed by atoms with E-state index in [-0.39, 0.29) is 6.42 Å². The summed E-state index contributed by atoms with van der Waals surface area (Å²) in [6.07, 6.45) is 1.46. The van der Waals surface area contributed by atoms with Gasteiger partial charge in [0.1, 0.15) is 0 Å². The molecule has 1 rings (SSSR count). The van der Waals surface area contributed by atoms with Gasteiger partial charge in [0, 0.05) is 6.42 Å². The normalized spacial score (nSPS) is 18.3. The van der Waals surface area contributed by atoms with Crippen molar-refractivity contribution in [2.24, 2.45) is 5.41 Å². The zero-order valence-electron chi connectivity index (χ0n) is 11.1. The lowest BCUT2D eigenvalue weighted by molar-refractivity contribution is -0.164. The Morgan fingerprint density at radius 3 is 2.06 bits per heavy atom. The summed E-state index contributed by atoms with van der Waals surface area (Å²) in [4.78, 5) is 23.7. The van der Waals surface area contributed by atoms with E-state index in [2.05, 4.69) is 16.1 Å². The van der Waals surface area contributed by atoms with Crippen LogP contribution >= 0.6 is 0 Å². The van der Waals surface area contributed by atoms with Crippen molar-refractivity contribution < 1.29 is 24.2 Å². The monoisotopic (exact) mass is 254 g/mol. The molecular weight excluding hydrogens is 236 g/mol. The average Bonchev–Trinajstić information content (AvgIpc) is 2.66. The lowest BCUT2D eigenvalue weighted by Crippen LogP contribution is -2.38. The first kappa shape index (κ1) is 14.4. The molecule has 1 N–H and O–H groups in total. The number of hydrogen-bond donors (Lipinski definition) is 1. The maximum Gasteiger partial charge on any atom is 0.327 e. The molecule has 0 unspecified atom stereocenters. The molecule has 18 heavy (non-hydrogen) atoms. The Labute approximate surface area is 106 Å². The number of rotatable bonds is 3. The van der Waals surface area contributed by atoms with Gasteiger partial charge in [-0.1, -0.05) is 6.58 Å². The number of aliphatic hydroxyl groups is 1. The highest BCUT2D eigenvalue weighted by atomic mass is 16.5. The summed E-state index contributed by atoms with van der Waals surface area (Å²) >= 11 is 0. The summed E-state index contributed by atoms with van der Waals surface area (Å²) in [6.45, 7) is 6.92. The van der Waals surface area contributed by atoms with Crippen LogP contribution in [0.4, 0.5) is 0 Å². The summed E-state index contributed by atoms with van der Waals surface area (Å²) in [5.74, 6) is -1.43. The molecule has 1 aliphatic carbocycles. The first-order valence-electron chi connectivity index (χ1n) is 5.49. The molecule has 0 spiro atoms. The van der Waals surface area contributed by atoms with Gasteiger partial charge in [-0.05, 0) is 31.1 Å². The van der Waals surface area contributed by atoms with Gasteiger partial charge in [0.2, 0.25) is 0 Å². The Morgan fingerprint density at radius 2 is 1.78 bits per heavy atom. The van der Waals surface area contributed by atoms with Gasteiger partial charge >= 0.3 is 11.9 Å². The van der Waals surface area contributed by atoms with Crippen LogP contribution in [0, 0.1) is 5.41 Å². The summed E-state index contributed by atoms with van der Waals surface area (Å²) < 4.78 is 9.33. The van der Waals surface area contributed by atoms with E-state index < -0.39 is 23.0 Å². The summed E-state index contributed by atoms with van der Waals surface area (Å²) in [6, 6.07) is 0. The van der Waals surface area contributed by atoms with E-state index in [1.807, 2.05) is 0 Å². The number of carbonyl (C=O) groups is 2. The van der Waals surface area contributed by atoms with E-state index in [1.54, 1.807) is 13.8 Å². The lowest BCUT2D eigenvalue weighted by Gasteiger charge is -2.20. The van der Waals surface area contributed by atoms with Crippen molar-refractivity contribution in [3.63, 3.8) is 0 Å². The van der Waals surface area contributed by atoms with Gasteiger partial charge in [-0.3, -0.25) is 9.59 Å². The van der Waals surface area contributed by atoms with Crippen molar-refractivity contribution in [3.05, 3.63) is 23.8 Å². The molecule has 0 bridgehead atoms. The third-order valence-corrected chi connectivity index (χ3v) is 3.02. The predicted molar refractivity (Wildman–Crippen MR) is 64.6 cm³/mol. The Hall–Kier alpha value is -1.62. The molecule has 0 aromatic carbocycles. The Balaban J connectivity index is 3.34.